The predicted molar refractivity (Wildman–Crippen MR) is 181 cm³/mol. The second-order valence-corrected chi connectivity index (χ2v) is 14.1. The quantitative estimate of drug-likeness (QED) is 0.240. The number of rotatable bonds is 13. The molecular weight excluding hydrogens is 582 g/mol. The monoisotopic (exact) mass is 637 g/mol. The van der Waals surface area contributed by atoms with Crippen molar-refractivity contribution in [2.24, 2.45) is 5.92 Å². The van der Waals surface area contributed by atoms with E-state index in [4.69, 9.17) is 9.47 Å². The summed E-state index contributed by atoms with van der Waals surface area (Å²) >= 11 is 0. The van der Waals surface area contributed by atoms with Crippen LogP contribution in [0.3, 0.4) is 0 Å². The van der Waals surface area contributed by atoms with Crippen LogP contribution in [0, 0.1) is 19.8 Å². The van der Waals surface area contributed by atoms with Crippen LogP contribution in [-0.2, 0) is 30.3 Å². The fraction of sp³-hybridized carbons (Fsp3) is 0.568. The zero-order chi connectivity index (χ0) is 34.8. The van der Waals surface area contributed by atoms with Crippen LogP contribution < -0.4 is 10.6 Å². The molecule has 0 aliphatic carbocycles. The first-order valence-corrected chi connectivity index (χ1v) is 16.3. The minimum atomic E-state index is -1.08. The molecule has 0 saturated carbocycles. The molecule has 254 valence electrons. The molecule has 0 saturated heterocycles. The highest BCUT2D eigenvalue weighted by Crippen LogP contribution is 2.28. The number of benzene rings is 2. The topological polar surface area (TPSA) is 114 Å². The zero-order valence-corrected chi connectivity index (χ0v) is 29.7. The van der Waals surface area contributed by atoms with Crippen molar-refractivity contribution in [1.82, 2.24) is 15.5 Å². The minimum absolute atomic E-state index is 0.207. The van der Waals surface area contributed by atoms with Gasteiger partial charge in [0.05, 0.1) is 0 Å². The van der Waals surface area contributed by atoms with Crippen LogP contribution in [0.1, 0.15) is 103 Å². The van der Waals surface area contributed by atoms with Crippen molar-refractivity contribution in [2.45, 2.75) is 125 Å². The van der Waals surface area contributed by atoms with Gasteiger partial charge in [0.25, 0.3) is 0 Å². The summed E-state index contributed by atoms with van der Waals surface area (Å²) in [7, 11) is 0. The molecule has 0 aliphatic rings. The molecule has 0 spiro atoms. The number of aryl methyl sites for hydroxylation is 2. The lowest BCUT2D eigenvalue weighted by molar-refractivity contribution is -0.159. The largest absolute Gasteiger partial charge is 0.458 e. The molecule has 0 fully saturated rings. The van der Waals surface area contributed by atoms with Crippen molar-refractivity contribution in [3.8, 4) is 0 Å². The van der Waals surface area contributed by atoms with Crippen molar-refractivity contribution < 1.29 is 28.7 Å². The van der Waals surface area contributed by atoms with Crippen molar-refractivity contribution in [3.05, 3.63) is 70.8 Å². The molecule has 4 unspecified atom stereocenters. The Balaban J connectivity index is 2.64. The number of amides is 3. The van der Waals surface area contributed by atoms with E-state index in [-0.39, 0.29) is 18.9 Å². The Morgan fingerprint density at radius 1 is 0.848 bits per heavy atom. The third-order valence-electron chi connectivity index (χ3n) is 7.47. The van der Waals surface area contributed by atoms with Gasteiger partial charge in [-0.1, -0.05) is 81.3 Å². The summed E-state index contributed by atoms with van der Waals surface area (Å²) in [4.78, 5) is 57.0. The number of alkyl carbamates (subject to hydrolysis) is 1. The van der Waals surface area contributed by atoms with Crippen molar-refractivity contribution in [1.29, 1.82) is 0 Å². The van der Waals surface area contributed by atoms with Gasteiger partial charge in [0.15, 0.2) is 0 Å². The van der Waals surface area contributed by atoms with Crippen LogP contribution in [0.4, 0.5) is 4.79 Å². The SMILES string of the molecule is CCCN(C(=O)C(NC(=O)OC(C)(C)C)C(C)CC)C(C(=O)NC(Cc1ccccc1)C(=O)OC(C)(C)C)c1ccc(C)cc1C. The summed E-state index contributed by atoms with van der Waals surface area (Å²) < 4.78 is 11.2. The molecule has 46 heavy (non-hydrogen) atoms. The Kier molecular flexibility index (Phi) is 13.8. The molecule has 0 aromatic heterocycles. The molecule has 2 rings (SSSR count). The fourth-order valence-corrected chi connectivity index (χ4v) is 5.15. The van der Waals surface area contributed by atoms with E-state index in [1.807, 2.05) is 83.1 Å². The number of ether oxygens (including phenoxy) is 2. The van der Waals surface area contributed by atoms with Crippen LogP contribution >= 0.6 is 0 Å². The number of hydrogen-bond acceptors (Lipinski definition) is 6. The van der Waals surface area contributed by atoms with E-state index >= 15 is 0 Å². The molecule has 2 N–H and O–H groups in total. The lowest BCUT2D eigenvalue weighted by atomic mass is 9.93. The number of hydrogen-bond donors (Lipinski definition) is 2. The van der Waals surface area contributed by atoms with Gasteiger partial charge >= 0.3 is 12.1 Å². The standard InChI is InChI=1S/C37H55N3O6/c1-12-21-40(33(42)30(25(4)13-2)39-35(44)46-37(9,10)11)31(28-20-19-24(3)22-26(28)5)32(41)38-29(34(43)45-36(6,7)8)23-27-17-15-14-16-18-27/h14-20,22,25,29-31H,12-13,21,23H2,1-11H3,(H,38,41)(H,39,44). The Bertz CT molecular complexity index is 1330. The number of carbonyl (C=O) groups is 4. The van der Waals surface area contributed by atoms with Crippen LogP contribution in [0.15, 0.2) is 48.5 Å². The second kappa shape index (κ2) is 16.6. The van der Waals surface area contributed by atoms with E-state index in [9.17, 15) is 19.2 Å². The van der Waals surface area contributed by atoms with E-state index in [0.717, 1.165) is 16.7 Å². The predicted octanol–water partition coefficient (Wildman–Crippen LogP) is 6.59. The van der Waals surface area contributed by atoms with Gasteiger partial charge in [0.1, 0.15) is 29.3 Å². The summed E-state index contributed by atoms with van der Waals surface area (Å²) in [6.45, 7) is 20.5. The minimum Gasteiger partial charge on any atom is -0.458 e. The third kappa shape index (κ3) is 11.8. The zero-order valence-electron chi connectivity index (χ0n) is 29.7. The van der Waals surface area contributed by atoms with Crippen LogP contribution in [0.25, 0.3) is 0 Å². The third-order valence-corrected chi connectivity index (χ3v) is 7.47. The maximum absolute atomic E-state index is 14.5. The van der Waals surface area contributed by atoms with Crippen molar-refractivity contribution in [3.63, 3.8) is 0 Å². The lowest BCUT2D eigenvalue weighted by Crippen LogP contribution is -2.56. The Labute approximate surface area is 275 Å². The van der Waals surface area contributed by atoms with Gasteiger partial charge in [-0.3, -0.25) is 9.59 Å². The molecule has 9 heteroatoms. The van der Waals surface area contributed by atoms with Crippen LogP contribution in [0.5, 0.6) is 0 Å². The summed E-state index contributed by atoms with van der Waals surface area (Å²) in [6, 6.07) is 12.1. The second-order valence-electron chi connectivity index (χ2n) is 14.1. The Hall–Kier alpha value is -3.88. The fourth-order valence-electron chi connectivity index (χ4n) is 5.15. The summed E-state index contributed by atoms with van der Waals surface area (Å²) in [5.41, 5.74) is 1.78. The van der Waals surface area contributed by atoms with Crippen LogP contribution in [0.2, 0.25) is 0 Å². The molecule has 0 bridgehead atoms. The van der Waals surface area contributed by atoms with Gasteiger partial charge < -0.3 is 25.0 Å². The molecule has 0 aliphatic heterocycles. The van der Waals surface area contributed by atoms with E-state index in [1.165, 1.54) is 4.90 Å². The van der Waals surface area contributed by atoms with Crippen LogP contribution in [-0.4, -0.2) is 58.6 Å². The highest BCUT2D eigenvalue weighted by molar-refractivity contribution is 5.94. The van der Waals surface area contributed by atoms with Crippen molar-refractivity contribution in [2.75, 3.05) is 6.54 Å². The normalized spacial score (nSPS) is 14.3. The Morgan fingerprint density at radius 2 is 1.46 bits per heavy atom. The molecule has 2 aromatic carbocycles. The average Bonchev–Trinajstić information content (AvgIpc) is 2.94. The first-order valence-electron chi connectivity index (χ1n) is 16.3. The van der Waals surface area contributed by atoms with E-state index < -0.39 is 53.2 Å². The van der Waals surface area contributed by atoms with Gasteiger partial charge in [-0.25, -0.2) is 9.59 Å². The smallest absolute Gasteiger partial charge is 0.408 e. The molecular formula is C37H55N3O6. The first-order chi connectivity index (χ1) is 21.4. The molecule has 4 atom stereocenters. The van der Waals surface area contributed by atoms with Gasteiger partial charge in [0, 0.05) is 13.0 Å². The highest BCUT2D eigenvalue weighted by Gasteiger charge is 2.40. The van der Waals surface area contributed by atoms with Gasteiger partial charge in [0.2, 0.25) is 11.8 Å². The maximum Gasteiger partial charge on any atom is 0.408 e. The van der Waals surface area contributed by atoms with Gasteiger partial charge in [-0.15, -0.1) is 0 Å². The maximum atomic E-state index is 14.5. The lowest BCUT2D eigenvalue weighted by Gasteiger charge is -2.37. The molecule has 0 heterocycles. The highest BCUT2D eigenvalue weighted by atomic mass is 16.6. The summed E-state index contributed by atoms with van der Waals surface area (Å²) in [6.07, 6.45) is 0.658. The van der Waals surface area contributed by atoms with Gasteiger partial charge in [-0.2, -0.15) is 0 Å². The van der Waals surface area contributed by atoms with E-state index in [2.05, 4.69) is 10.6 Å². The number of carbonyl (C=O) groups excluding carboxylic acids is 4. The van der Waals surface area contributed by atoms with E-state index in [0.29, 0.717) is 18.4 Å². The van der Waals surface area contributed by atoms with E-state index in [1.54, 1.807) is 41.5 Å². The summed E-state index contributed by atoms with van der Waals surface area (Å²) in [5.74, 6) is -1.74. The summed E-state index contributed by atoms with van der Waals surface area (Å²) in [5, 5.41) is 5.75. The van der Waals surface area contributed by atoms with Gasteiger partial charge in [-0.05, 0) is 84.4 Å². The number of esters is 1. The Morgan fingerprint density at radius 3 is 1.98 bits per heavy atom. The first kappa shape index (κ1) is 38.3. The molecule has 2 aromatic rings. The molecule has 0 radical (unpaired) electrons. The molecule has 9 nitrogen and oxygen atoms in total. The average molecular weight is 638 g/mol. The number of nitrogens with one attached hydrogen (secondary N) is 2. The number of nitrogens with zero attached hydrogens (tertiary/aromatic N) is 1. The molecule has 3 amide bonds. The van der Waals surface area contributed by atoms with Crippen molar-refractivity contribution >= 4 is 23.9 Å².